The number of rotatable bonds is 2. The molecule has 2 saturated heterocycles. The molecule has 0 radical (unpaired) electrons. The zero-order valence-corrected chi connectivity index (χ0v) is 17.1. The van der Waals surface area contributed by atoms with E-state index in [4.69, 9.17) is 0 Å². The molecule has 1 aromatic rings. The summed E-state index contributed by atoms with van der Waals surface area (Å²) in [7, 11) is 0. The fourth-order valence-electron chi connectivity index (χ4n) is 3.51. The number of piperazine rings is 1. The van der Waals surface area contributed by atoms with Crippen molar-refractivity contribution in [1.82, 2.24) is 15.1 Å². The van der Waals surface area contributed by atoms with Crippen molar-refractivity contribution in [2.75, 3.05) is 56.0 Å². The predicted molar refractivity (Wildman–Crippen MR) is 113 cm³/mol. The van der Waals surface area contributed by atoms with Gasteiger partial charge in [-0.15, -0.1) is 0 Å². The molecule has 0 unspecified atom stereocenters. The van der Waals surface area contributed by atoms with Crippen LogP contribution in [0.1, 0.15) is 13.8 Å². The molecule has 4 amide bonds. The molecule has 9 heteroatoms. The van der Waals surface area contributed by atoms with Crippen LogP contribution in [-0.2, 0) is 0 Å². The number of urea groups is 2. The summed E-state index contributed by atoms with van der Waals surface area (Å²) >= 11 is 1.82. The molecule has 0 spiro atoms. The van der Waals surface area contributed by atoms with Gasteiger partial charge in [-0.1, -0.05) is 17.8 Å². The maximum absolute atomic E-state index is 12.7. The summed E-state index contributed by atoms with van der Waals surface area (Å²) in [6.45, 7) is 9.46. The molecular formula is C19H26N6O2S. The summed E-state index contributed by atoms with van der Waals surface area (Å²) in [5, 5.41) is 6.85. The van der Waals surface area contributed by atoms with E-state index >= 15 is 0 Å². The number of benzene rings is 1. The first kappa shape index (κ1) is 18.9. The highest BCUT2D eigenvalue weighted by atomic mass is 32.2. The highest BCUT2D eigenvalue weighted by Gasteiger charge is 2.32. The minimum absolute atomic E-state index is 0.101. The Kier molecular flexibility index (Phi) is 5.09. The van der Waals surface area contributed by atoms with Crippen LogP contribution in [0, 0.1) is 0 Å². The van der Waals surface area contributed by atoms with Crippen LogP contribution >= 0.6 is 11.8 Å². The Labute approximate surface area is 169 Å². The Morgan fingerprint density at radius 2 is 2.00 bits per heavy atom. The van der Waals surface area contributed by atoms with Crippen LogP contribution in [0.5, 0.6) is 0 Å². The standard InChI is InChI=1S/C19H26N6O2S/c1-19(2)13-21-18(28-19)24-10-8-23(9-11-24)17(27)22-14-4-3-5-15(12-14)25-7-6-20-16(25)26/h3-5,12H,6-11,13H2,1-2H3,(H,20,26)(H,22,27). The molecule has 28 heavy (non-hydrogen) atoms. The number of nitrogens with zero attached hydrogens (tertiary/aromatic N) is 4. The van der Waals surface area contributed by atoms with E-state index in [1.807, 2.05) is 40.9 Å². The minimum atomic E-state index is -0.107. The van der Waals surface area contributed by atoms with Gasteiger partial charge >= 0.3 is 12.1 Å². The van der Waals surface area contributed by atoms with Gasteiger partial charge < -0.3 is 20.4 Å². The van der Waals surface area contributed by atoms with Gasteiger partial charge in [-0.3, -0.25) is 9.89 Å². The van der Waals surface area contributed by atoms with E-state index in [0.717, 1.165) is 30.5 Å². The summed E-state index contributed by atoms with van der Waals surface area (Å²) in [6.07, 6.45) is 0. The minimum Gasteiger partial charge on any atom is -0.348 e. The summed E-state index contributed by atoms with van der Waals surface area (Å²) < 4.78 is 0.168. The van der Waals surface area contributed by atoms with Crippen molar-refractivity contribution in [2.45, 2.75) is 18.6 Å². The third-order valence-corrected chi connectivity index (χ3v) is 6.32. The van der Waals surface area contributed by atoms with Crippen LogP contribution in [0.15, 0.2) is 29.3 Å². The van der Waals surface area contributed by atoms with Crippen molar-refractivity contribution in [1.29, 1.82) is 0 Å². The Bertz CT molecular complexity index is 803. The highest BCUT2D eigenvalue weighted by molar-refractivity contribution is 8.15. The number of hydrogen-bond acceptors (Lipinski definition) is 5. The Morgan fingerprint density at radius 3 is 2.64 bits per heavy atom. The average Bonchev–Trinajstić information content (AvgIpc) is 3.27. The van der Waals surface area contributed by atoms with Crippen LogP contribution < -0.4 is 15.5 Å². The number of anilines is 2. The van der Waals surface area contributed by atoms with Crippen molar-refractivity contribution < 1.29 is 9.59 Å². The Morgan fingerprint density at radius 1 is 1.21 bits per heavy atom. The van der Waals surface area contributed by atoms with E-state index in [-0.39, 0.29) is 16.8 Å². The summed E-state index contributed by atoms with van der Waals surface area (Å²) in [5.41, 5.74) is 1.48. The average molecular weight is 403 g/mol. The lowest BCUT2D eigenvalue weighted by atomic mass is 10.2. The van der Waals surface area contributed by atoms with Crippen molar-refractivity contribution in [3.05, 3.63) is 24.3 Å². The van der Waals surface area contributed by atoms with E-state index in [1.54, 1.807) is 4.90 Å². The van der Waals surface area contributed by atoms with Gasteiger partial charge in [0.25, 0.3) is 0 Å². The van der Waals surface area contributed by atoms with Crippen LogP contribution in [0.2, 0.25) is 0 Å². The molecule has 0 bridgehead atoms. The number of hydrogen-bond donors (Lipinski definition) is 2. The largest absolute Gasteiger partial charge is 0.348 e. The fourth-order valence-corrected chi connectivity index (χ4v) is 4.57. The van der Waals surface area contributed by atoms with Crippen LogP contribution in [0.3, 0.4) is 0 Å². The molecule has 1 aromatic carbocycles. The maximum atomic E-state index is 12.7. The fraction of sp³-hybridized carbons (Fsp3) is 0.526. The second-order valence-electron chi connectivity index (χ2n) is 7.80. The van der Waals surface area contributed by atoms with Crippen molar-refractivity contribution >= 4 is 40.4 Å². The van der Waals surface area contributed by atoms with Crippen LogP contribution in [0.25, 0.3) is 0 Å². The molecule has 3 heterocycles. The molecule has 0 aliphatic carbocycles. The molecular weight excluding hydrogens is 376 g/mol. The number of aliphatic imine (C=N–C) groups is 1. The first-order chi connectivity index (χ1) is 13.4. The molecule has 3 aliphatic rings. The molecule has 150 valence electrons. The number of thioether (sulfide) groups is 1. The maximum Gasteiger partial charge on any atom is 0.321 e. The Hall–Kier alpha value is -2.42. The summed E-state index contributed by atoms with van der Waals surface area (Å²) in [6, 6.07) is 7.20. The Balaban J connectivity index is 1.32. The third kappa shape index (κ3) is 4.04. The zero-order valence-electron chi connectivity index (χ0n) is 16.3. The first-order valence-corrected chi connectivity index (χ1v) is 10.4. The molecule has 0 saturated carbocycles. The lowest BCUT2D eigenvalue weighted by Crippen LogP contribution is -2.51. The number of carbonyl (C=O) groups is 2. The molecule has 8 nitrogen and oxygen atoms in total. The zero-order chi connectivity index (χ0) is 19.7. The first-order valence-electron chi connectivity index (χ1n) is 9.61. The highest BCUT2D eigenvalue weighted by Crippen LogP contribution is 2.33. The van der Waals surface area contributed by atoms with E-state index in [2.05, 4.69) is 34.4 Å². The van der Waals surface area contributed by atoms with Gasteiger partial charge in [-0.25, -0.2) is 9.59 Å². The number of amidine groups is 1. The second-order valence-corrected chi connectivity index (χ2v) is 9.47. The SMILES string of the molecule is CC1(C)CN=C(N2CCN(C(=O)Nc3cccc(N4CCNC4=O)c3)CC2)S1. The molecule has 4 rings (SSSR count). The second kappa shape index (κ2) is 7.54. The lowest BCUT2D eigenvalue weighted by molar-refractivity contribution is 0.182. The van der Waals surface area contributed by atoms with Gasteiger partial charge in [0, 0.05) is 55.4 Å². The molecule has 0 atom stereocenters. The topological polar surface area (TPSA) is 80.3 Å². The van der Waals surface area contributed by atoms with Crippen molar-refractivity contribution in [2.24, 2.45) is 4.99 Å². The third-order valence-electron chi connectivity index (χ3n) is 5.07. The van der Waals surface area contributed by atoms with Gasteiger partial charge in [-0.2, -0.15) is 0 Å². The summed E-state index contributed by atoms with van der Waals surface area (Å²) in [5.74, 6) is 0. The van der Waals surface area contributed by atoms with Crippen LogP contribution in [0.4, 0.5) is 21.0 Å². The van der Waals surface area contributed by atoms with Gasteiger partial charge in [0.2, 0.25) is 0 Å². The van der Waals surface area contributed by atoms with E-state index in [9.17, 15) is 9.59 Å². The number of amides is 4. The monoisotopic (exact) mass is 402 g/mol. The normalized spacial score (nSPS) is 21.6. The quantitative estimate of drug-likeness (QED) is 0.795. The number of nitrogens with one attached hydrogen (secondary N) is 2. The van der Waals surface area contributed by atoms with Crippen molar-refractivity contribution in [3.8, 4) is 0 Å². The van der Waals surface area contributed by atoms with E-state index in [0.29, 0.717) is 31.9 Å². The molecule has 2 N–H and O–H groups in total. The van der Waals surface area contributed by atoms with Gasteiger partial charge in [0.1, 0.15) is 0 Å². The van der Waals surface area contributed by atoms with Gasteiger partial charge in [0.15, 0.2) is 5.17 Å². The smallest absolute Gasteiger partial charge is 0.321 e. The van der Waals surface area contributed by atoms with E-state index < -0.39 is 0 Å². The van der Waals surface area contributed by atoms with Gasteiger partial charge in [-0.05, 0) is 32.0 Å². The van der Waals surface area contributed by atoms with E-state index in [1.165, 1.54) is 0 Å². The molecule has 2 fully saturated rings. The molecule has 0 aromatic heterocycles. The van der Waals surface area contributed by atoms with Gasteiger partial charge in [0.05, 0.1) is 6.54 Å². The van der Waals surface area contributed by atoms with Crippen molar-refractivity contribution in [3.63, 3.8) is 0 Å². The molecule has 3 aliphatic heterocycles. The lowest BCUT2D eigenvalue weighted by Gasteiger charge is -2.36. The summed E-state index contributed by atoms with van der Waals surface area (Å²) in [4.78, 5) is 34.9. The number of carbonyl (C=O) groups excluding carboxylic acids is 2. The predicted octanol–water partition coefficient (Wildman–Crippen LogP) is 2.25. The van der Waals surface area contributed by atoms with Crippen LogP contribution in [-0.4, -0.2) is 77.6 Å².